The molecule has 26 heavy (non-hydrogen) atoms. The van der Waals surface area contributed by atoms with Crippen LogP contribution in [0.15, 0.2) is 52.6 Å². The summed E-state index contributed by atoms with van der Waals surface area (Å²) in [6.45, 7) is 0. The van der Waals surface area contributed by atoms with Crippen LogP contribution in [0.3, 0.4) is 0 Å². The van der Waals surface area contributed by atoms with Gasteiger partial charge in [-0.25, -0.2) is 5.10 Å². The predicted molar refractivity (Wildman–Crippen MR) is 102 cm³/mol. The number of carbonyl (C=O) groups is 1. The molecule has 2 heterocycles. The van der Waals surface area contributed by atoms with Crippen LogP contribution >= 0.6 is 11.3 Å². The molecule has 2 N–H and O–H groups in total. The summed E-state index contributed by atoms with van der Waals surface area (Å²) < 4.78 is 0. The van der Waals surface area contributed by atoms with Gasteiger partial charge in [0.05, 0.1) is 6.04 Å². The lowest BCUT2D eigenvalue weighted by Crippen LogP contribution is -2.30. The van der Waals surface area contributed by atoms with E-state index in [9.17, 15) is 9.59 Å². The highest BCUT2D eigenvalue weighted by atomic mass is 32.1. The van der Waals surface area contributed by atoms with Crippen molar-refractivity contribution in [3.8, 4) is 0 Å². The maximum absolute atomic E-state index is 12.6. The largest absolute Gasteiger partial charge is 0.339 e. The van der Waals surface area contributed by atoms with E-state index in [1.807, 2.05) is 17.5 Å². The molecule has 0 spiro atoms. The molecule has 1 unspecified atom stereocenters. The number of hydrogen-bond donors (Lipinski definition) is 2. The number of hydrogen-bond acceptors (Lipinski definition) is 4. The fourth-order valence-electron chi connectivity index (χ4n) is 3.38. The number of carbonyl (C=O) groups excluding carboxylic acids is 1. The second-order valence-corrected chi connectivity index (χ2v) is 7.44. The number of aromatic nitrogens is 2. The number of benzene rings is 1. The van der Waals surface area contributed by atoms with Gasteiger partial charge in [0.15, 0.2) is 0 Å². The predicted octanol–water partition coefficient (Wildman–Crippen LogP) is 3.23. The van der Waals surface area contributed by atoms with Crippen molar-refractivity contribution in [2.24, 2.45) is 0 Å². The van der Waals surface area contributed by atoms with Gasteiger partial charge in [-0.2, -0.15) is 5.10 Å². The number of aromatic amines is 1. The van der Waals surface area contributed by atoms with Crippen molar-refractivity contribution in [3.05, 3.63) is 85.5 Å². The summed E-state index contributed by atoms with van der Waals surface area (Å²) in [7, 11) is 0. The second kappa shape index (κ2) is 7.25. The number of rotatable bonds is 4. The zero-order valence-electron chi connectivity index (χ0n) is 14.2. The van der Waals surface area contributed by atoms with Crippen LogP contribution in [0.4, 0.5) is 0 Å². The summed E-state index contributed by atoms with van der Waals surface area (Å²) >= 11 is 1.61. The molecule has 0 radical (unpaired) electrons. The lowest BCUT2D eigenvalue weighted by atomic mass is 9.89. The molecule has 1 aliphatic carbocycles. The molecule has 0 saturated heterocycles. The molecule has 1 amide bonds. The molecule has 1 aromatic carbocycles. The van der Waals surface area contributed by atoms with E-state index in [1.54, 1.807) is 11.3 Å². The first-order valence-corrected chi connectivity index (χ1v) is 9.60. The molecule has 0 bridgehead atoms. The van der Waals surface area contributed by atoms with Crippen molar-refractivity contribution in [2.45, 2.75) is 31.7 Å². The van der Waals surface area contributed by atoms with Crippen molar-refractivity contribution in [3.63, 3.8) is 0 Å². The minimum absolute atomic E-state index is 0.198. The molecule has 132 valence electrons. The van der Waals surface area contributed by atoms with Crippen LogP contribution in [0.1, 0.15) is 50.9 Å². The highest BCUT2D eigenvalue weighted by molar-refractivity contribution is 7.10. The highest BCUT2D eigenvalue weighted by Gasteiger charge is 2.21. The number of H-pyrrole nitrogens is 1. The van der Waals surface area contributed by atoms with Gasteiger partial charge in [-0.05, 0) is 59.9 Å². The molecular weight excluding hydrogens is 346 g/mol. The van der Waals surface area contributed by atoms with Gasteiger partial charge in [0.25, 0.3) is 11.5 Å². The Morgan fingerprint density at radius 3 is 2.69 bits per heavy atom. The SMILES string of the molecule is O=C(NC(c1ccc2c(c1)CCCC2)c1cccs1)c1ccc(=O)[nH]n1. The quantitative estimate of drug-likeness (QED) is 0.745. The van der Waals surface area contributed by atoms with Crippen LogP contribution < -0.4 is 10.9 Å². The number of thiophene rings is 1. The summed E-state index contributed by atoms with van der Waals surface area (Å²) in [5.74, 6) is -0.308. The number of nitrogens with one attached hydrogen (secondary N) is 2. The Balaban J connectivity index is 1.66. The number of fused-ring (bicyclic) bond motifs is 1. The minimum atomic E-state index is -0.328. The van der Waals surface area contributed by atoms with Crippen LogP contribution in [-0.2, 0) is 12.8 Å². The van der Waals surface area contributed by atoms with Crippen molar-refractivity contribution in [1.29, 1.82) is 0 Å². The average Bonchev–Trinajstić information content (AvgIpc) is 3.20. The maximum atomic E-state index is 12.6. The van der Waals surface area contributed by atoms with Crippen LogP contribution in [0, 0.1) is 0 Å². The third kappa shape index (κ3) is 3.46. The normalized spacial score (nSPS) is 14.5. The summed E-state index contributed by atoms with van der Waals surface area (Å²) in [4.78, 5) is 24.9. The van der Waals surface area contributed by atoms with E-state index in [-0.39, 0.29) is 23.2 Å². The smallest absolute Gasteiger partial charge is 0.272 e. The molecule has 1 aliphatic rings. The van der Waals surface area contributed by atoms with Crippen molar-refractivity contribution in [2.75, 3.05) is 0 Å². The zero-order chi connectivity index (χ0) is 17.9. The van der Waals surface area contributed by atoms with Crippen molar-refractivity contribution in [1.82, 2.24) is 15.5 Å². The third-order valence-corrected chi connectivity index (χ3v) is 5.66. The van der Waals surface area contributed by atoms with Gasteiger partial charge in [0.2, 0.25) is 0 Å². The van der Waals surface area contributed by atoms with Crippen molar-refractivity contribution >= 4 is 17.2 Å². The van der Waals surface area contributed by atoms with Gasteiger partial charge in [0, 0.05) is 10.9 Å². The number of aryl methyl sites for hydroxylation is 2. The lowest BCUT2D eigenvalue weighted by Gasteiger charge is -2.22. The first kappa shape index (κ1) is 16.7. The average molecular weight is 365 g/mol. The standard InChI is InChI=1S/C20H19N3O2S/c24-18-10-9-16(22-23-18)20(25)21-19(17-6-3-11-26-17)15-8-7-13-4-1-2-5-14(13)12-15/h3,6-12,19H,1-2,4-5H2,(H,21,25)(H,23,24). The molecular formula is C20H19N3O2S. The van der Waals surface area contributed by atoms with Gasteiger partial charge in [0.1, 0.15) is 5.69 Å². The molecule has 1 atom stereocenters. The van der Waals surface area contributed by atoms with E-state index in [2.05, 4.69) is 33.7 Å². The summed E-state index contributed by atoms with van der Waals surface area (Å²) in [6.07, 6.45) is 4.69. The Labute approximate surface area is 155 Å². The summed E-state index contributed by atoms with van der Waals surface area (Å²) in [5.41, 5.74) is 3.74. The van der Waals surface area contributed by atoms with Gasteiger partial charge >= 0.3 is 0 Å². The molecule has 2 aromatic heterocycles. The van der Waals surface area contributed by atoms with Crippen LogP contribution in [0.25, 0.3) is 0 Å². The van der Waals surface area contributed by atoms with E-state index in [1.165, 1.54) is 36.1 Å². The van der Waals surface area contributed by atoms with Gasteiger partial charge in [-0.1, -0.05) is 24.3 Å². The Bertz CT molecular complexity index is 958. The second-order valence-electron chi connectivity index (χ2n) is 6.46. The zero-order valence-corrected chi connectivity index (χ0v) is 15.0. The first-order chi connectivity index (χ1) is 12.7. The molecule has 4 rings (SSSR count). The van der Waals surface area contributed by atoms with E-state index in [4.69, 9.17) is 0 Å². The van der Waals surface area contributed by atoms with Gasteiger partial charge < -0.3 is 5.32 Å². The molecule has 0 fully saturated rings. The number of nitrogens with zero attached hydrogens (tertiary/aromatic N) is 1. The maximum Gasteiger partial charge on any atom is 0.272 e. The van der Waals surface area contributed by atoms with Crippen LogP contribution in [0.2, 0.25) is 0 Å². The first-order valence-electron chi connectivity index (χ1n) is 8.72. The highest BCUT2D eigenvalue weighted by Crippen LogP contribution is 2.30. The minimum Gasteiger partial charge on any atom is -0.339 e. The van der Waals surface area contributed by atoms with E-state index in [0.717, 1.165) is 23.3 Å². The Morgan fingerprint density at radius 1 is 1.12 bits per heavy atom. The van der Waals surface area contributed by atoms with Crippen molar-refractivity contribution < 1.29 is 4.79 Å². The van der Waals surface area contributed by atoms with Crippen LogP contribution in [-0.4, -0.2) is 16.1 Å². The third-order valence-electron chi connectivity index (χ3n) is 4.72. The van der Waals surface area contributed by atoms with E-state index >= 15 is 0 Å². The Morgan fingerprint density at radius 2 is 1.96 bits per heavy atom. The molecule has 6 heteroatoms. The summed E-state index contributed by atoms with van der Waals surface area (Å²) in [5, 5.41) is 11.2. The van der Waals surface area contributed by atoms with E-state index < -0.39 is 0 Å². The molecule has 5 nitrogen and oxygen atoms in total. The van der Waals surface area contributed by atoms with Crippen LogP contribution in [0.5, 0.6) is 0 Å². The van der Waals surface area contributed by atoms with E-state index in [0.29, 0.717) is 0 Å². The molecule has 3 aromatic rings. The Kier molecular flexibility index (Phi) is 4.67. The molecule has 0 saturated carbocycles. The number of amides is 1. The topological polar surface area (TPSA) is 74.8 Å². The van der Waals surface area contributed by atoms with Gasteiger partial charge in [-0.15, -0.1) is 11.3 Å². The Hall–Kier alpha value is -2.73. The lowest BCUT2D eigenvalue weighted by molar-refractivity contribution is 0.0937. The fourth-order valence-corrected chi connectivity index (χ4v) is 4.19. The monoisotopic (exact) mass is 365 g/mol. The fraction of sp³-hybridized carbons (Fsp3) is 0.250. The summed E-state index contributed by atoms with van der Waals surface area (Å²) in [6, 6.07) is 13.0. The van der Waals surface area contributed by atoms with Gasteiger partial charge in [-0.3, -0.25) is 9.59 Å². The molecule has 0 aliphatic heterocycles.